The van der Waals surface area contributed by atoms with Crippen LogP contribution in [0.1, 0.15) is 40.2 Å². The molecule has 2 heterocycles. The Labute approximate surface area is 184 Å². The summed E-state index contributed by atoms with van der Waals surface area (Å²) in [5.41, 5.74) is 9.18. The zero-order valence-electron chi connectivity index (χ0n) is 19.1. The van der Waals surface area contributed by atoms with Crippen molar-refractivity contribution in [3.05, 3.63) is 64.5 Å². The van der Waals surface area contributed by atoms with Crippen molar-refractivity contribution in [2.75, 3.05) is 26.2 Å². The smallest absolute Gasteiger partial charge is 0.140 e. The minimum Gasteiger partial charge on any atom is -0.550 e. The molecule has 0 fully saturated rings. The Hall–Kier alpha value is -2.83. The van der Waals surface area contributed by atoms with E-state index < -0.39 is 5.97 Å². The molecule has 0 saturated carbocycles. The minimum absolute atomic E-state index is 0.320. The second-order valence-corrected chi connectivity index (χ2v) is 8.17. The number of rotatable bonds is 5. The Morgan fingerprint density at radius 3 is 2.58 bits per heavy atom. The van der Waals surface area contributed by atoms with E-state index in [1.165, 1.54) is 39.1 Å². The van der Waals surface area contributed by atoms with Crippen LogP contribution in [0.5, 0.6) is 5.75 Å². The third kappa shape index (κ3) is 4.75. The topological polar surface area (TPSA) is 83.5 Å². The van der Waals surface area contributed by atoms with Gasteiger partial charge in [0.05, 0.1) is 0 Å². The molecule has 2 aliphatic heterocycles. The van der Waals surface area contributed by atoms with Crippen molar-refractivity contribution in [2.45, 2.75) is 40.7 Å². The van der Waals surface area contributed by atoms with Gasteiger partial charge < -0.3 is 30.1 Å². The molecule has 0 bridgehead atoms. The number of phenols is 1. The van der Waals surface area contributed by atoms with E-state index in [1.807, 2.05) is 12.1 Å². The van der Waals surface area contributed by atoms with Crippen LogP contribution in [0, 0.1) is 0 Å². The van der Waals surface area contributed by atoms with Crippen LogP contribution in [0.25, 0.3) is 5.57 Å². The highest BCUT2D eigenvalue weighted by Gasteiger charge is 2.39. The number of quaternary nitrogens is 1. The first-order valence-corrected chi connectivity index (χ1v) is 10.9. The van der Waals surface area contributed by atoms with Crippen LogP contribution in [-0.2, 0) is 4.79 Å². The Morgan fingerprint density at radius 2 is 1.94 bits per heavy atom. The van der Waals surface area contributed by atoms with Gasteiger partial charge in [0, 0.05) is 54.2 Å². The van der Waals surface area contributed by atoms with Crippen molar-refractivity contribution >= 4 is 17.2 Å². The highest BCUT2D eigenvalue weighted by molar-refractivity contribution is 5.88. The Kier molecular flexibility index (Phi) is 7.03. The van der Waals surface area contributed by atoms with E-state index in [1.54, 1.807) is 6.07 Å². The first-order valence-electron chi connectivity index (χ1n) is 10.9. The summed E-state index contributed by atoms with van der Waals surface area (Å²) in [6.07, 6.45) is 6.81. The lowest BCUT2D eigenvalue weighted by Gasteiger charge is -2.31. The number of aromatic hydroxyl groups is 1. The van der Waals surface area contributed by atoms with Crippen LogP contribution in [0.2, 0.25) is 0 Å². The number of benzene rings is 1. The summed E-state index contributed by atoms with van der Waals surface area (Å²) in [6, 6.07) is 6.05. The van der Waals surface area contributed by atoms with E-state index in [-0.39, 0.29) is 0 Å². The van der Waals surface area contributed by atoms with Crippen LogP contribution < -0.4 is 10.4 Å². The molecule has 6 heteroatoms. The summed E-state index contributed by atoms with van der Waals surface area (Å²) in [6.45, 7) is 14.2. The lowest BCUT2D eigenvalue weighted by atomic mass is 9.79. The molecule has 166 valence electrons. The molecule has 0 saturated heterocycles. The maximum atomic E-state index is 9.99. The largest absolute Gasteiger partial charge is 0.550 e. The van der Waals surface area contributed by atoms with Crippen molar-refractivity contribution in [1.29, 1.82) is 0 Å². The summed E-state index contributed by atoms with van der Waals surface area (Å²) in [5.74, 6) is -0.742. The number of carboxylic acid groups (broad SMARTS) is 1. The van der Waals surface area contributed by atoms with Gasteiger partial charge in [0.2, 0.25) is 0 Å². The minimum atomic E-state index is -1.08. The van der Waals surface area contributed by atoms with Gasteiger partial charge in [0.1, 0.15) is 17.5 Å². The van der Waals surface area contributed by atoms with Gasteiger partial charge >= 0.3 is 0 Å². The van der Waals surface area contributed by atoms with Crippen LogP contribution in [0.4, 0.5) is 5.69 Å². The Morgan fingerprint density at radius 1 is 1.26 bits per heavy atom. The van der Waals surface area contributed by atoms with Gasteiger partial charge in [0.25, 0.3) is 0 Å². The molecule has 3 aliphatic rings. The first kappa shape index (κ1) is 22.8. The van der Waals surface area contributed by atoms with E-state index in [2.05, 4.69) is 61.3 Å². The molecule has 0 amide bonds. The third-order valence-corrected chi connectivity index (χ3v) is 6.27. The lowest BCUT2D eigenvalue weighted by molar-refractivity contribution is -0.581. The van der Waals surface area contributed by atoms with Crippen molar-refractivity contribution < 1.29 is 20.3 Å². The number of nitrogens with two attached hydrogens (primary N) is 1. The summed E-state index contributed by atoms with van der Waals surface area (Å²) in [7, 11) is 0. The van der Waals surface area contributed by atoms with Crippen LogP contribution in [0.15, 0.2) is 59.0 Å². The summed E-state index contributed by atoms with van der Waals surface area (Å²) < 4.78 is 0. The molecule has 1 aromatic rings. The van der Waals surface area contributed by atoms with Gasteiger partial charge in [-0.05, 0) is 68.8 Å². The molecule has 4 rings (SSSR count). The number of allylic oxidation sites excluding steroid dienone is 4. The number of carbonyl (C=O) groups is 1. The lowest BCUT2D eigenvalue weighted by Crippen LogP contribution is -2.82. The zero-order valence-corrected chi connectivity index (χ0v) is 19.1. The van der Waals surface area contributed by atoms with Gasteiger partial charge in [0.15, 0.2) is 0 Å². The predicted molar refractivity (Wildman–Crippen MR) is 121 cm³/mol. The summed E-state index contributed by atoms with van der Waals surface area (Å²) >= 11 is 0. The van der Waals surface area contributed by atoms with Crippen LogP contribution >= 0.6 is 0 Å². The molecule has 0 spiro atoms. The molecule has 1 aliphatic carbocycles. The quantitative estimate of drug-likeness (QED) is 0.558. The summed E-state index contributed by atoms with van der Waals surface area (Å²) in [5, 5.41) is 21.2. The number of fused-ring (bicyclic) bond motifs is 4. The number of nitrogens with zero attached hydrogens (tertiary/aromatic N) is 2. The molecule has 0 aromatic heterocycles. The fourth-order valence-corrected chi connectivity index (χ4v) is 4.56. The fraction of sp³-hybridized carbons (Fsp3) is 0.400. The van der Waals surface area contributed by atoms with E-state index >= 15 is 0 Å². The third-order valence-electron chi connectivity index (χ3n) is 6.27. The van der Waals surface area contributed by atoms with E-state index in [9.17, 15) is 5.11 Å². The average molecular weight is 424 g/mol. The van der Waals surface area contributed by atoms with Crippen LogP contribution in [0.3, 0.4) is 0 Å². The number of hydrogen-bond acceptors (Lipinski definition) is 5. The number of hydrogen-bond donors (Lipinski definition) is 2. The molecule has 6 nitrogen and oxygen atoms in total. The SMILES string of the molecule is CC(=O)[O-].CCN(CC)CCN1C=CC2=C(C)C3[NH2+]c4ccc(O)cc4C3=C(C)C2=C1. The average Bonchev–Trinajstić information content (AvgIpc) is 3.11. The molecule has 1 unspecified atom stereocenters. The highest BCUT2D eigenvalue weighted by atomic mass is 16.4. The monoisotopic (exact) mass is 423 g/mol. The molecular weight excluding hydrogens is 390 g/mol. The Balaban J connectivity index is 0.000000628. The zero-order chi connectivity index (χ0) is 22.7. The van der Waals surface area contributed by atoms with Gasteiger partial charge in [-0.2, -0.15) is 0 Å². The van der Waals surface area contributed by atoms with Gasteiger partial charge in [-0.15, -0.1) is 0 Å². The van der Waals surface area contributed by atoms with Crippen LogP contribution in [-0.4, -0.2) is 53.1 Å². The Bertz CT molecular complexity index is 980. The maximum absolute atomic E-state index is 9.99. The van der Waals surface area contributed by atoms with Gasteiger partial charge in [-0.1, -0.05) is 13.8 Å². The van der Waals surface area contributed by atoms with Gasteiger partial charge in [-0.25, -0.2) is 0 Å². The highest BCUT2D eigenvalue weighted by Crippen LogP contribution is 2.44. The second-order valence-electron chi connectivity index (χ2n) is 8.17. The molecule has 0 radical (unpaired) electrons. The molecule has 31 heavy (non-hydrogen) atoms. The van der Waals surface area contributed by atoms with Gasteiger partial charge in [-0.3, -0.25) is 0 Å². The van der Waals surface area contributed by atoms with Crippen molar-refractivity contribution in [3.8, 4) is 5.75 Å². The van der Waals surface area contributed by atoms with E-state index in [0.717, 1.165) is 33.1 Å². The molecule has 3 N–H and O–H groups in total. The number of likely N-dealkylation sites (N-methyl/N-ethyl adjacent to an activating group) is 1. The number of phenolic OH excluding ortho intramolecular Hbond substituents is 1. The van der Waals surface area contributed by atoms with Crippen molar-refractivity contribution in [1.82, 2.24) is 9.80 Å². The molecule has 1 aromatic carbocycles. The maximum Gasteiger partial charge on any atom is 0.140 e. The number of aliphatic carboxylic acids is 1. The molecule has 1 atom stereocenters. The van der Waals surface area contributed by atoms with E-state index in [4.69, 9.17) is 9.90 Å². The van der Waals surface area contributed by atoms with Crippen molar-refractivity contribution in [2.24, 2.45) is 0 Å². The molecular formula is C25H33N3O3. The standard InChI is InChI=1S/C23H29N3O.C2H4O2/c1-5-25(6-2)11-12-26-10-9-18-16(4)23-22(15(3)20(18)14-26)19-13-17(27)7-8-21(19)24-23;1-2(3)4/h7-10,13-14,23-24,27H,5-6,11-12H2,1-4H3;1H3,(H,3,4). The van der Waals surface area contributed by atoms with Crippen molar-refractivity contribution in [3.63, 3.8) is 0 Å². The fourth-order valence-electron chi connectivity index (χ4n) is 4.56. The predicted octanol–water partition coefficient (Wildman–Crippen LogP) is 1.88. The van der Waals surface area contributed by atoms with E-state index in [0.29, 0.717) is 11.8 Å². The second kappa shape index (κ2) is 9.54. The normalized spacial score (nSPS) is 19.0. The first-order chi connectivity index (χ1) is 14.8. The number of carbonyl (C=O) groups excluding carboxylic acids is 1. The number of carboxylic acids is 1. The summed E-state index contributed by atoms with van der Waals surface area (Å²) in [4.78, 5) is 13.7.